The largest absolute Gasteiger partial charge is 0.493 e. The highest BCUT2D eigenvalue weighted by Crippen LogP contribution is 2.36. The minimum atomic E-state index is -1.05. The lowest BCUT2D eigenvalue weighted by Gasteiger charge is -2.27. The van der Waals surface area contributed by atoms with E-state index in [1.165, 1.54) is 0 Å². The number of nitrogens with one attached hydrogen (secondary N) is 1. The van der Waals surface area contributed by atoms with E-state index in [1.807, 2.05) is 44.2 Å². The first-order valence-corrected chi connectivity index (χ1v) is 8.36. The van der Waals surface area contributed by atoms with Gasteiger partial charge in [0.1, 0.15) is 5.54 Å². The first-order valence-electron chi connectivity index (χ1n) is 8.36. The van der Waals surface area contributed by atoms with E-state index in [4.69, 9.17) is 9.47 Å². The summed E-state index contributed by atoms with van der Waals surface area (Å²) in [4.78, 5) is 12.1. The molecule has 0 aromatic heterocycles. The van der Waals surface area contributed by atoms with Crippen molar-refractivity contribution in [3.63, 3.8) is 0 Å². The summed E-state index contributed by atoms with van der Waals surface area (Å²) in [5.74, 6) is 0.364. The molecule has 2 N–H and O–H groups in total. The van der Waals surface area contributed by atoms with Crippen LogP contribution in [0.1, 0.15) is 25.0 Å². The predicted molar refractivity (Wildman–Crippen MR) is 96.6 cm³/mol. The normalized spacial score (nSPS) is 14.9. The molecule has 1 aliphatic rings. The maximum atomic E-state index is 12.1. The number of hydrogen-bond acceptors (Lipinski definition) is 4. The van der Waals surface area contributed by atoms with Crippen LogP contribution in [0.25, 0.3) is 0 Å². The van der Waals surface area contributed by atoms with Gasteiger partial charge >= 0.3 is 5.97 Å². The van der Waals surface area contributed by atoms with E-state index in [0.29, 0.717) is 30.0 Å². The van der Waals surface area contributed by atoms with Gasteiger partial charge in [-0.05, 0) is 37.1 Å². The van der Waals surface area contributed by atoms with Crippen molar-refractivity contribution in [3.8, 4) is 11.5 Å². The Hall–Kier alpha value is -2.69. The maximum Gasteiger partial charge on any atom is 0.330 e. The summed E-state index contributed by atoms with van der Waals surface area (Å²) in [6.07, 6.45) is 0.892. The van der Waals surface area contributed by atoms with E-state index in [9.17, 15) is 9.90 Å². The van der Waals surface area contributed by atoms with E-state index in [-0.39, 0.29) is 6.10 Å². The number of carbonyl (C=O) groups is 1. The fraction of sp³-hybridized carbons (Fsp3) is 0.350. The molecule has 25 heavy (non-hydrogen) atoms. The van der Waals surface area contributed by atoms with Crippen LogP contribution in [0, 0.1) is 0 Å². The van der Waals surface area contributed by atoms with Crippen LogP contribution in [0.15, 0.2) is 42.5 Å². The third kappa shape index (κ3) is 3.40. The number of hydrogen-bond donors (Lipinski definition) is 2. The van der Waals surface area contributed by atoms with Gasteiger partial charge in [0.2, 0.25) is 0 Å². The van der Waals surface area contributed by atoms with Crippen LogP contribution in [0.4, 0.5) is 5.69 Å². The molecule has 3 rings (SSSR count). The Morgan fingerprint density at radius 2 is 1.76 bits per heavy atom. The molecule has 0 heterocycles. The summed E-state index contributed by atoms with van der Waals surface area (Å²) in [5, 5.41) is 13.1. The Morgan fingerprint density at radius 1 is 1.12 bits per heavy atom. The Morgan fingerprint density at radius 3 is 2.28 bits per heavy atom. The fourth-order valence-electron chi connectivity index (χ4n) is 3.29. The molecule has 0 amide bonds. The van der Waals surface area contributed by atoms with Gasteiger partial charge in [0.15, 0.2) is 11.5 Å². The van der Waals surface area contributed by atoms with Crippen LogP contribution in [0.2, 0.25) is 0 Å². The third-order valence-corrected chi connectivity index (χ3v) is 4.42. The van der Waals surface area contributed by atoms with E-state index in [1.54, 1.807) is 19.2 Å². The van der Waals surface area contributed by atoms with Gasteiger partial charge in [-0.25, -0.2) is 4.79 Å². The number of benzene rings is 2. The molecule has 2 aromatic carbocycles. The number of methoxy groups -OCH3 is 1. The van der Waals surface area contributed by atoms with Gasteiger partial charge in [-0.2, -0.15) is 0 Å². The number of rotatable bonds is 6. The first kappa shape index (κ1) is 17.1. The lowest BCUT2D eigenvalue weighted by Crippen LogP contribution is -2.47. The van der Waals surface area contributed by atoms with Crippen LogP contribution in [-0.4, -0.2) is 29.8 Å². The SMILES string of the molecule is COc1ccc(NC2(C(=O)O)Cc3ccccc3C2)cc1OC(C)C. The monoisotopic (exact) mass is 341 g/mol. The van der Waals surface area contributed by atoms with Gasteiger partial charge < -0.3 is 19.9 Å². The van der Waals surface area contributed by atoms with Gasteiger partial charge in [0.25, 0.3) is 0 Å². The van der Waals surface area contributed by atoms with E-state index >= 15 is 0 Å². The number of carboxylic acids is 1. The van der Waals surface area contributed by atoms with E-state index < -0.39 is 11.5 Å². The molecule has 0 unspecified atom stereocenters. The average molecular weight is 341 g/mol. The average Bonchev–Trinajstić information content (AvgIpc) is 2.94. The number of fused-ring (bicyclic) bond motifs is 1. The van der Waals surface area contributed by atoms with Crippen molar-refractivity contribution in [1.82, 2.24) is 0 Å². The highest BCUT2D eigenvalue weighted by Gasteiger charge is 2.44. The standard InChI is InChI=1S/C20H23NO4/c1-13(2)25-18-10-16(8-9-17(18)24-3)21-20(19(22)23)11-14-6-4-5-7-15(14)12-20/h4-10,13,21H,11-12H2,1-3H3,(H,22,23). The molecule has 132 valence electrons. The van der Waals surface area contributed by atoms with Crippen molar-refractivity contribution in [1.29, 1.82) is 0 Å². The van der Waals surface area contributed by atoms with Gasteiger partial charge in [-0.3, -0.25) is 0 Å². The molecule has 2 aromatic rings. The fourth-order valence-corrected chi connectivity index (χ4v) is 3.29. The van der Waals surface area contributed by atoms with Crippen LogP contribution >= 0.6 is 0 Å². The number of ether oxygens (including phenoxy) is 2. The molecule has 0 saturated heterocycles. The molecule has 5 heteroatoms. The zero-order valence-corrected chi connectivity index (χ0v) is 14.7. The Balaban J connectivity index is 1.91. The Labute approximate surface area is 147 Å². The second-order valence-corrected chi connectivity index (χ2v) is 6.67. The first-order chi connectivity index (χ1) is 11.9. The smallest absolute Gasteiger partial charge is 0.330 e. The minimum absolute atomic E-state index is 0.00619. The van der Waals surface area contributed by atoms with Gasteiger partial charge in [0.05, 0.1) is 13.2 Å². The molecule has 0 atom stereocenters. The quantitative estimate of drug-likeness (QED) is 0.841. The summed E-state index contributed by atoms with van der Waals surface area (Å²) >= 11 is 0. The van der Waals surface area contributed by atoms with Crippen LogP contribution in [-0.2, 0) is 17.6 Å². The van der Waals surface area contributed by atoms with Crippen molar-refractivity contribution in [3.05, 3.63) is 53.6 Å². The molecule has 0 radical (unpaired) electrons. The molecule has 0 fully saturated rings. The van der Waals surface area contributed by atoms with E-state index in [0.717, 1.165) is 11.1 Å². The van der Waals surface area contributed by atoms with Crippen molar-refractivity contribution in [2.45, 2.75) is 38.3 Å². The Bertz CT molecular complexity index is 760. The van der Waals surface area contributed by atoms with Gasteiger partial charge in [-0.1, -0.05) is 24.3 Å². The highest BCUT2D eigenvalue weighted by molar-refractivity contribution is 5.85. The van der Waals surface area contributed by atoms with Crippen molar-refractivity contribution >= 4 is 11.7 Å². The van der Waals surface area contributed by atoms with Crippen molar-refractivity contribution in [2.75, 3.05) is 12.4 Å². The molecule has 0 aliphatic heterocycles. The van der Waals surface area contributed by atoms with Crippen LogP contribution in [0.3, 0.4) is 0 Å². The van der Waals surface area contributed by atoms with Gasteiger partial charge in [0, 0.05) is 24.6 Å². The maximum absolute atomic E-state index is 12.1. The summed E-state index contributed by atoms with van der Waals surface area (Å²) < 4.78 is 11.1. The zero-order valence-electron chi connectivity index (χ0n) is 14.7. The molecule has 0 bridgehead atoms. The molecule has 5 nitrogen and oxygen atoms in total. The summed E-state index contributed by atoms with van der Waals surface area (Å²) in [6.45, 7) is 3.87. The zero-order chi connectivity index (χ0) is 18.0. The van der Waals surface area contributed by atoms with Crippen LogP contribution < -0.4 is 14.8 Å². The lowest BCUT2D eigenvalue weighted by atomic mass is 9.95. The second-order valence-electron chi connectivity index (χ2n) is 6.67. The molecule has 1 aliphatic carbocycles. The second kappa shape index (κ2) is 6.67. The molecular weight excluding hydrogens is 318 g/mol. The number of anilines is 1. The number of aliphatic carboxylic acids is 1. The van der Waals surface area contributed by atoms with E-state index in [2.05, 4.69) is 5.32 Å². The van der Waals surface area contributed by atoms with Crippen LogP contribution in [0.5, 0.6) is 11.5 Å². The summed E-state index contributed by atoms with van der Waals surface area (Å²) in [7, 11) is 1.59. The van der Waals surface area contributed by atoms with Gasteiger partial charge in [-0.15, -0.1) is 0 Å². The third-order valence-electron chi connectivity index (χ3n) is 4.42. The topological polar surface area (TPSA) is 67.8 Å². The van der Waals surface area contributed by atoms with Crippen molar-refractivity contribution < 1.29 is 19.4 Å². The molecular formula is C20H23NO4. The molecule has 0 saturated carbocycles. The summed E-state index contributed by atoms with van der Waals surface area (Å²) in [5.41, 5.74) is 1.80. The predicted octanol–water partition coefficient (Wildman–Crippen LogP) is 3.52. The molecule has 0 spiro atoms. The minimum Gasteiger partial charge on any atom is -0.493 e. The Kier molecular flexibility index (Phi) is 4.57. The lowest BCUT2D eigenvalue weighted by molar-refractivity contribution is -0.142. The summed E-state index contributed by atoms with van der Waals surface area (Å²) in [6, 6.07) is 13.3. The van der Waals surface area contributed by atoms with Crippen molar-refractivity contribution in [2.24, 2.45) is 0 Å². The highest BCUT2D eigenvalue weighted by atomic mass is 16.5. The number of carboxylic acid groups (broad SMARTS) is 1.